The van der Waals surface area contributed by atoms with Crippen LogP contribution in [-0.2, 0) is 0 Å². The van der Waals surface area contributed by atoms with Gasteiger partial charge in [0.15, 0.2) is 0 Å². The van der Waals surface area contributed by atoms with Crippen LogP contribution < -0.4 is 4.74 Å². The summed E-state index contributed by atoms with van der Waals surface area (Å²) >= 11 is 0. The van der Waals surface area contributed by atoms with Crippen molar-refractivity contribution in [2.75, 3.05) is 6.61 Å². The Morgan fingerprint density at radius 1 is 1.30 bits per heavy atom. The molecule has 0 spiro atoms. The van der Waals surface area contributed by atoms with E-state index in [0.29, 0.717) is 18.8 Å². The molecule has 1 aliphatic carbocycles. The Bertz CT molecular complexity index is 494. The van der Waals surface area contributed by atoms with Crippen LogP contribution in [0.1, 0.15) is 46.0 Å². The molecular weight excluding hydrogens is 254 g/mol. The van der Waals surface area contributed by atoms with Gasteiger partial charge in [0.1, 0.15) is 18.1 Å². The fourth-order valence-corrected chi connectivity index (χ4v) is 2.65. The summed E-state index contributed by atoms with van der Waals surface area (Å²) in [5, 5.41) is 19.9. The lowest BCUT2D eigenvalue weighted by molar-refractivity contribution is 0.0862. The van der Waals surface area contributed by atoms with Crippen molar-refractivity contribution in [1.82, 2.24) is 4.98 Å². The van der Waals surface area contributed by atoms with Crippen LogP contribution in [0.4, 0.5) is 0 Å². The van der Waals surface area contributed by atoms with E-state index in [9.17, 15) is 10.2 Å². The number of hydrogen-bond acceptors (Lipinski definition) is 4. The van der Waals surface area contributed by atoms with E-state index in [1.54, 1.807) is 12.3 Å². The number of rotatable bonds is 5. The molecule has 1 unspecified atom stereocenters. The molecule has 1 aromatic heterocycles. The Kier molecular flexibility index (Phi) is 4.65. The first kappa shape index (κ1) is 14.9. The Balaban J connectivity index is 2.12. The van der Waals surface area contributed by atoms with E-state index in [-0.39, 0.29) is 5.75 Å². The van der Waals surface area contributed by atoms with Gasteiger partial charge in [0.25, 0.3) is 0 Å². The zero-order valence-electron chi connectivity index (χ0n) is 12.2. The number of aromatic nitrogens is 1. The van der Waals surface area contributed by atoms with Crippen molar-refractivity contribution in [2.24, 2.45) is 0 Å². The normalized spacial score (nSPS) is 18.8. The summed E-state index contributed by atoms with van der Waals surface area (Å²) in [6.07, 6.45) is 7.85. The number of aliphatic hydroxyl groups is 1. The lowest BCUT2D eigenvalue weighted by Crippen LogP contribution is -2.29. The first-order valence-electron chi connectivity index (χ1n) is 7.23. The molecule has 0 saturated carbocycles. The monoisotopic (exact) mass is 277 g/mol. The highest BCUT2D eigenvalue weighted by molar-refractivity contribution is 5.29. The van der Waals surface area contributed by atoms with Gasteiger partial charge in [0.05, 0.1) is 18.0 Å². The molecule has 4 nitrogen and oxygen atoms in total. The SMILES string of the molecule is CCC(C)(O)C1=C(COc2cncc(O)c2)CCCC1. The number of hydrogen-bond donors (Lipinski definition) is 2. The summed E-state index contributed by atoms with van der Waals surface area (Å²) in [4.78, 5) is 3.89. The standard InChI is InChI=1S/C16H23NO3/c1-3-16(2,19)15-7-5-4-6-12(15)11-20-14-8-13(18)9-17-10-14/h8-10,18-19H,3-7,11H2,1-2H3. The van der Waals surface area contributed by atoms with E-state index in [0.717, 1.165) is 31.3 Å². The van der Waals surface area contributed by atoms with Crippen LogP contribution in [-0.4, -0.2) is 27.4 Å². The number of aromatic hydroxyl groups is 1. The van der Waals surface area contributed by atoms with E-state index in [4.69, 9.17) is 4.74 Å². The van der Waals surface area contributed by atoms with E-state index < -0.39 is 5.60 Å². The molecule has 20 heavy (non-hydrogen) atoms. The van der Waals surface area contributed by atoms with Gasteiger partial charge in [0.2, 0.25) is 0 Å². The van der Waals surface area contributed by atoms with Crippen molar-refractivity contribution in [3.63, 3.8) is 0 Å². The molecule has 2 rings (SSSR count). The summed E-state index contributed by atoms with van der Waals surface area (Å²) in [5.74, 6) is 0.652. The summed E-state index contributed by atoms with van der Waals surface area (Å²) in [6, 6.07) is 1.55. The average Bonchev–Trinajstić information content (AvgIpc) is 2.45. The first-order valence-corrected chi connectivity index (χ1v) is 7.23. The van der Waals surface area contributed by atoms with Gasteiger partial charge in [-0.05, 0) is 50.2 Å². The van der Waals surface area contributed by atoms with Gasteiger partial charge in [-0.2, -0.15) is 0 Å². The molecule has 0 aromatic carbocycles. The van der Waals surface area contributed by atoms with Crippen LogP contribution in [0.3, 0.4) is 0 Å². The van der Waals surface area contributed by atoms with Crippen molar-refractivity contribution < 1.29 is 14.9 Å². The van der Waals surface area contributed by atoms with Gasteiger partial charge >= 0.3 is 0 Å². The van der Waals surface area contributed by atoms with Gasteiger partial charge in [-0.15, -0.1) is 0 Å². The summed E-state index contributed by atoms with van der Waals surface area (Å²) in [6.45, 7) is 4.33. The number of nitrogens with zero attached hydrogens (tertiary/aromatic N) is 1. The van der Waals surface area contributed by atoms with Gasteiger partial charge in [-0.3, -0.25) is 4.98 Å². The molecule has 2 N–H and O–H groups in total. The fraction of sp³-hybridized carbons (Fsp3) is 0.562. The van der Waals surface area contributed by atoms with Crippen molar-refractivity contribution in [3.05, 3.63) is 29.6 Å². The molecule has 0 radical (unpaired) electrons. The van der Waals surface area contributed by atoms with E-state index in [1.807, 2.05) is 13.8 Å². The summed E-state index contributed by atoms with van der Waals surface area (Å²) in [7, 11) is 0. The number of ether oxygens (including phenoxy) is 1. The molecule has 0 bridgehead atoms. The van der Waals surface area contributed by atoms with Crippen LogP contribution in [0.2, 0.25) is 0 Å². The average molecular weight is 277 g/mol. The van der Waals surface area contributed by atoms with E-state index >= 15 is 0 Å². The highest BCUT2D eigenvalue weighted by atomic mass is 16.5. The topological polar surface area (TPSA) is 62.6 Å². The smallest absolute Gasteiger partial charge is 0.141 e. The maximum absolute atomic E-state index is 10.5. The molecule has 0 aliphatic heterocycles. The van der Waals surface area contributed by atoms with Crippen LogP contribution in [0.15, 0.2) is 29.6 Å². The Hall–Kier alpha value is -1.55. The lowest BCUT2D eigenvalue weighted by Gasteiger charge is -2.31. The Morgan fingerprint density at radius 2 is 2.05 bits per heavy atom. The van der Waals surface area contributed by atoms with E-state index in [2.05, 4.69) is 4.98 Å². The summed E-state index contributed by atoms with van der Waals surface area (Å²) in [5.41, 5.74) is 1.57. The van der Waals surface area contributed by atoms with Crippen LogP contribution in [0.25, 0.3) is 0 Å². The van der Waals surface area contributed by atoms with Gasteiger partial charge < -0.3 is 14.9 Å². The van der Waals surface area contributed by atoms with Crippen LogP contribution in [0, 0.1) is 0 Å². The molecule has 4 heteroatoms. The fourth-order valence-electron chi connectivity index (χ4n) is 2.65. The second-order valence-corrected chi connectivity index (χ2v) is 5.58. The molecule has 1 aromatic rings. The second kappa shape index (κ2) is 6.27. The Labute approximate surface area is 120 Å². The predicted molar refractivity (Wildman–Crippen MR) is 77.8 cm³/mol. The van der Waals surface area contributed by atoms with Crippen molar-refractivity contribution in [3.8, 4) is 11.5 Å². The minimum atomic E-state index is -0.740. The summed E-state index contributed by atoms with van der Waals surface area (Å²) < 4.78 is 5.70. The third-order valence-corrected chi connectivity index (χ3v) is 4.03. The molecular formula is C16H23NO3. The van der Waals surface area contributed by atoms with Gasteiger partial charge in [0, 0.05) is 6.07 Å². The Morgan fingerprint density at radius 3 is 2.75 bits per heavy atom. The second-order valence-electron chi connectivity index (χ2n) is 5.58. The van der Waals surface area contributed by atoms with Crippen LogP contribution in [0.5, 0.6) is 11.5 Å². The number of pyridine rings is 1. The lowest BCUT2D eigenvalue weighted by atomic mass is 9.81. The highest BCUT2D eigenvalue weighted by Gasteiger charge is 2.28. The molecule has 0 fully saturated rings. The molecule has 0 saturated heterocycles. The zero-order chi connectivity index (χ0) is 14.6. The predicted octanol–water partition coefficient (Wildman–Crippen LogP) is 3.20. The molecule has 0 amide bonds. The van der Waals surface area contributed by atoms with Crippen LogP contribution >= 0.6 is 0 Å². The van der Waals surface area contributed by atoms with E-state index in [1.165, 1.54) is 11.8 Å². The van der Waals surface area contributed by atoms with Gasteiger partial charge in [-0.25, -0.2) is 0 Å². The minimum Gasteiger partial charge on any atom is -0.506 e. The molecule has 1 heterocycles. The molecule has 110 valence electrons. The third-order valence-electron chi connectivity index (χ3n) is 4.03. The van der Waals surface area contributed by atoms with Crippen molar-refractivity contribution in [2.45, 2.75) is 51.6 Å². The van der Waals surface area contributed by atoms with Crippen molar-refractivity contribution in [1.29, 1.82) is 0 Å². The minimum absolute atomic E-state index is 0.0981. The third kappa shape index (κ3) is 3.51. The quantitative estimate of drug-likeness (QED) is 0.811. The largest absolute Gasteiger partial charge is 0.506 e. The molecule has 1 atom stereocenters. The maximum Gasteiger partial charge on any atom is 0.141 e. The molecule has 1 aliphatic rings. The van der Waals surface area contributed by atoms with Crippen molar-refractivity contribution >= 4 is 0 Å². The highest BCUT2D eigenvalue weighted by Crippen LogP contribution is 2.34. The van der Waals surface area contributed by atoms with Gasteiger partial charge in [-0.1, -0.05) is 6.92 Å². The maximum atomic E-state index is 10.5. The first-order chi connectivity index (χ1) is 9.53. The zero-order valence-corrected chi connectivity index (χ0v) is 12.2.